The first-order valence-electron chi connectivity index (χ1n) is 6.53. The maximum atomic E-state index is 12.5. The number of ether oxygens (including phenoxy) is 1. The van der Waals surface area contributed by atoms with E-state index >= 15 is 0 Å². The largest absolute Gasteiger partial charge is 0.381 e. The second-order valence-corrected chi connectivity index (χ2v) is 5.95. The highest BCUT2D eigenvalue weighted by molar-refractivity contribution is 6.36. The van der Waals surface area contributed by atoms with E-state index < -0.39 is 5.41 Å². The summed E-state index contributed by atoms with van der Waals surface area (Å²) in [6.45, 7) is 3.25. The number of amides is 1. The molecule has 1 amide bonds. The van der Waals surface area contributed by atoms with E-state index in [-0.39, 0.29) is 5.91 Å². The van der Waals surface area contributed by atoms with E-state index in [1.54, 1.807) is 12.1 Å². The summed E-state index contributed by atoms with van der Waals surface area (Å²) in [7, 11) is 0. The molecule has 20 heavy (non-hydrogen) atoms. The minimum atomic E-state index is -0.584. The number of carbonyl (C=O) groups is 1. The van der Waals surface area contributed by atoms with Gasteiger partial charge in [-0.25, -0.2) is 0 Å². The van der Waals surface area contributed by atoms with Gasteiger partial charge in [0.05, 0.1) is 16.1 Å². The van der Waals surface area contributed by atoms with Crippen LogP contribution in [0.5, 0.6) is 0 Å². The van der Waals surface area contributed by atoms with Crippen LogP contribution in [0, 0.1) is 12.3 Å². The Morgan fingerprint density at radius 3 is 2.60 bits per heavy atom. The van der Waals surface area contributed by atoms with Crippen molar-refractivity contribution in [1.29, 1.82) is 0 Å². The molecule has 1 heterocycles. The third kappa shape index (κ3) is 3.09. The molecule has 1 fully saturated rings. The van der Waals surface area contributed by atoms with Gasteiger partial charge in [0.25, 0.3) is 0 Å². The predicted molar refractivity (Wildman–Crippen MR) is 81.4 cm³/mol. The van der Waals surface area contributed by atoms with Crippen LogP contribution < -0.4 is 11.1 Å². The second kappa shape index (κ2) is 6.31. The Bertz CT molecular complexity index is 514. The summed E-state index contributed by atoms with van der Waals surface area (Å²) < 4.78 is 5.30. The van der Waals surface area contributed by atoms with Crippen LogP contribution >= 0.6 is 23.2 Å². The molecule has 0 unspecified atom stereocenters. The zero-order valence-electron chi connectivity index (χ0n) is 11.3. The van der Waals surface area contributed by atoms with Gasteiger partial charge in [-0.1, -0.05) is 23.2 Å². The van der Waals surface area contributed by atoms with Crippen molar-refractivity contribution in [2.24, 2.45) is 11.1 Å². The second-order valence-electron chi connectivity index (χ2n) is 5.13. The molecule has 0 spiro atoms. The van der Waals surface area contributed by atoms with Gasteiger partial charge in [0.2, 0.25) is 5.91 Å². The zero-order valence-corrected chi connectivity index (χ0v) is 12.9. The highest BCUT2D eigenvalue weighted by Gasteiger charge is 2.39. The molecular formula is C14H18Cl2N2O2. The number of halogens is 2. The number of anilines is 1. The van der Waals surface area contributed by atoms with Crippen molar-refractivity contribution in [3.8, 4) is 0 Å². The summed E-state index contributed by atoms with van der Waals surface area (Å²) in [5.41, 5.74) is 6.61. The van der Waals surface area contributed by atoms with Crippen molar-refractivity contribution in [2.45, 2.75) is 19.8 Å². The van der Waals surface area contributed by atoms with Crippen molar-refractivity contribution in [3.05, 3.63) is 27.7 Å². The SMILES string of the molecule is Cc1cc(Cl)c(NC(=O)C2(CN)CCOCC2)cc1Cl. The van der Waals surface area contributed by atoms with E-state index in [1.807, 2.05) is 6.92 Å². The Labute approximate surface area is 128 Å². The quantitative estimate of drug-likeness (QED) is 0.901. The van der Waals surface area contributed by atoms with E-state index in [0.717, 1.165) is 5.56 Å². The minimum absolute atomic E-state index is 0.120. The molecular weight excluding hydrogens is 299 g/mol. The van der Waals surface area contributed by atoms with Crippen LogP contribution in [0.3, 0.4) is 0 Å². The van der Waals surface area contributed by atoms with E-state index in [9.17, 15) is 4.79 Å². The fourth-order valence-corrected chi connectivity index (χ4v) is 2.71. The molecule has 2 rings (SSSR count). The fourth-order valence-electron chi connectivity index (χ4n) is 2.28. The number of rotatable bonds is 3. The van der Waals surface area contributed by atoms with E-state index in [4.69, 9.17) is 33.7 Å². The number of hydrogen-bond donors (Lipinski definition) is 2. The fraction of sp³-hybridized carbons (Fsp3) is 0.500. The van der Waals surface area contributed by atoms with E-state index in [1.165, 1.54) is 0 Å². The van der Waals surface area contributed by atoms with Crippen molar-refractivity contribution in [1.82, 2.24) is 0 Å². The van der Waals surface area contributed by atoms with Crippen LogP contribution in [-0.4, -0.2) is 25.7 Å². The van der Waals surface area contributed by atoms with Gasteiger partial charge in [0.1, 0.15) is 0 Å². The van der Waals surface area contributed by atoms with Crippen LogP contribution in [0.1, 0.15) is 18.4 Å². The third-order valence-electron chi connectivity index (χ3n) is 3.82. The van der Waals surface area contributed by atoms with Crippen molar-refractivity contribution < 1.29 is 9.53 Å². The number of hydrogen-bond acceptors (Lipinski definition) is 3. The van der Waals surface area contributed by atoms with Gasteiger partial charge in [-0.05, 0) is 37.5 Å². The Morgan fingerprint density at radius 2 is 2.00 bits per heavy atom. The molecule has 0 aromatic heterocycles. The molecule has 0 radical (unpaired) electrons. The minimum Gasteiger partial charge on any atom is -0.381 e. The Hall–Kier alpha value is -0.810. The summed E-state index contributed by atoms with van der Waals surface area (Å²) in [6.07, 6.45) is 1.24. The molecule has 0 atom stereocenters. The first-order chi connectivity index (χ1) is 9.48. The molecule has 0 aliphatic carbocycles. The van der Waals surface area contributed by atoms with Gasteiger partial charge in [0.15, 0.2) is 0 Å². The van der Waals surface area contributed by atoms with Gasteiger partial charge in [-0.3, -0.25) is 4.79 Å². The number of benzene rings is 1. The highest BCUT2D eigenvalue weighted by Crippen LogP contribution is 2.34. The summed E-state index contributed by atoms with van der Waals surface area (Å²) in [5, 5.41) is 3.89. The molecule has 0 bridgehead atoms. The summed E-state index contributed by atoms with van der Waals surface area (Å²) >= 11 is 12.2. The molecule has 110 valence electrons. The first-order valence-corrected chi connectivity index (χ1v) is 7.29. The molecule has 6 heteroatoms. The lowest BCUT2D eigenvalue weighted by Crippen LogP contribution is -2.46. The molecule has 1 aliphatic heterocycles. The predicted octanol–water partition coefficient (Wildman–Crippen LogP) is 3.00. The van der Waals surface area contributed by atoms with Crippen molar-refractivity contribution >= 4 is 34.8 Å². The van der Waals surface area contributed by atoms with Crippen LogP contribution in [-0.2, 0) is 9.53 Å². The molecule has 1 aromatic carbocycles. The van der Waals surface area contributed by atoms with Crippen LogP contribution in [0.2, 0.25) is 10.0 Å². The van der Waals surface area contributed by atoms with E-state index in [2.05, 4.69) is 5.32 Å². The Kier molecular flexibility index (Phi) is 4.91. The molecule has 1 saturated heterocycles. The van der Waals surface area contributed by atoms with Gasteiger partial charge >= 0.3 is 0 Å². The van der Waals surface area contributed by atoms with Crippen LogP contribution in [0.15, 0.2) is 12.1 Å². The number of nitrogens with one attached hydrogen (secondary N) is 1. The zero-order chi connectivity index (χ0) is 14.8. The monoisotopic (exact) mass is 316 g/mol. The molecule has 3 N–H and O–H groups in total. The molecule has 1 aliphatic rings. The molecule has 1 aromatic rings. The van der Waals surface area contributed by atoms with Crippen LogP contribution in [0.4, 0.5) is 5.69 Å². The summed E-state index contributed by atoms with van der Waals surface area (Å²) in [6, 6.07) is 3.40. The Balaban J connectivity index is 2.20. The third-order valence-corrected chi connectivity index (χ3v) is 4.54. The van der Waals surface area contributed by atoms with Gasteiger partial charge in [-0.15, -0.1) is 0 Å². The van der Waals surface area contributed by atoms with Gasteiger partial charge in [-0.2, -0.15) is 0 Å². The normalized spacial score (nSPS) is 17.8. The topological polar surface area (TPSA) is 64.4 Å². The maximum Gasteiger partial charge on any atom is 0.232 e. The summed E-state index contributed by atoms with van der Waals surface area (Å²) in [5.74, 6) is -0.120. The number of nitrogens with two attached hydrogens (primary N) is 1. The Morgan fingerprint density at radius 1 is 1.35 bits per heavy atom. The molecule has 4 nitrogen and oxygen atoms in total. The number of aryl methyl sites for hydroxylation is 1. The standard InChI is InChI=1S/C14H18Cl2N2O2/c1-9-6-11(16)12(7-10(9)15)18-13(19)14(8-17)2-4-20-5-3-14/h6-7H,2-5,8,17H2,1H3,(H,18,19). The maximum absolute atomic E-state index is 12.5. The van der Waals surface area contributed by atoms with Crippen molar-refractivity contribution in [3.63, 3.8) is 0 Å². The summed E-state index contributed by atoms with van der Waals surface area (Å²) in [4.78, 5) is 12.5. The highest BCUT2D eigenvalue weighted by atomic mass is 35.5. The lowest BCUT2D eigenvalue weighted by atomic mass is 9.79. The molecule has 0 saturated carbocycles. The van der Waals surface area contributed by atoms with Crippen molar-refractivity contribution in [2.75, 3.05) is 25.1 Å². The smallest absolute Gasteiger partial charge is 0.232 e. The van der Waals surface area contributed by atoms with Crippen LogP contribution in [0.25, 0.3) is 0 Å². The first kappa shape index (κ1) is 15.6. The number of carbonyl (C=O) groups excluding carboxylic acids is 1. The van der Waals surface area contributed by atoms with E-state index in [0.29, 0.717) is 48.3 Å². The lowest BCUT2D eigenvalue weighted by Gasteiger charge is -2.34. The van der Waals surface area contributed by atoms with Gasteiger partial charge < -0.3 is 15.8 Å². The average Bonchev–Trinajstić information content (AvgIpc) is 2.45. The van der Waals surface area contributed by atoms with Gasteiger partial charge in [0, 0.05) is 24.8 Å². The average molecular weight is 317 g/mol. The lowest BCUT2D eigenvalue weighted by molar-refractivity contribution is -0.130.